The lowest BCUT2D eigenvalue weighted by molar-refractivity contribution is -0.143. The maximum absolute atomic E-state index is 12.5. The van der Waals surface area contributed by atoms with Gasteiger partial charge in [0.1, 0.15) is 6.04 Å². The minimum absolute atomic E-state index is 0.0380. The first kappa shape index (κ1) is 15.5. The molecular formula is C17H23NO3. The van der Waals surface area contributed by atoms with E-state index in [0.29, 0.717) is 18.5 Å². The molecule has 1 aliphatic rings. The average Bonchev–Trinajstić information content (AvgIpc) is 2.45. The number of aliphatic carboxylic acids is 1. The van der Waals surface area contributed by atoms with Crippen molar-refractivity contribution in [1.29, 1.82) is 0 Å². The molecule has 21 heavy (non-hydrogen) atoms. The van der Waals surface area contributed by atoms with Crippen molar-refractivity contribution in [3.05, 3.63) is 35.4 Å². The van der Waals surface area contributed by atoms with Crippen LogP contribution in [-0.4, -0.2) is 34.5 Å². The predicted molar refractivity (Wildman–Crippen MR) is 81.5 cm³/mol. The highest BCUT2D eigenvalue weighted by Crippen LogP contribution is 2.24. The maximum Gasteiger partial charge on any atom is 0.326 e. The van der Waals surface area contributed by atoms with Gasteiger partial charge in [-0.15, -0.1) is 0 Å². The van der Waals surface area contributed by atoms with E-state index in [4.69, 9.17) is 0 Å². The zero-order valence-corrected chi connectivity index (χ0v) is 12.9. The first-order valence-corrected chi connectivity index (χ1v) is 7.45. The number of likely N-dealkylation sites (tertiary alicyclic amines) is 1. The second kappa shape index (κ2) is 5.88. The Kier molecular flexibility index (Phi) is 4.35. The Morgan fingerprint density at radius 2 is 1.76 bits per heavy atom. The number of piperidine rings is 1. The fourth-order valence-electron chi connectivity index (χ4n) is 2.71. The van der Waals surface area contributed by atoms with E-state index in [-0.39, 0.29) is 11.3 Å². The molecule has 0 aliphatic carbocycles. The Morgan fingerprint density at radius 1 is 1.14 bits per heavy atom. The third-order valence-corrected chi connectivity index (χ3v) is 4.05. The van der Waals surface area contributed by atoms with Crippen LogP contribution in [0.15, 0.2) is 24.3 Å². The molecule has 1 heterocycles. The van der Waals surface area contributed by atoms with Crippen LogP contribution < -0.4 is 0 Å². The van der Waals surface area contributed by atoms with Gasteiger partial charge in [0.15, 0.2) is 0 Å². The van der Waals surface area contributed by atoms with Crippen molar-refractivity contribution < 1.29 is 14.7 Å². The number of benzene rings is 1. The van der Waals surface area contributed by atoms with Crippen molar-refractivity contribution in [1.82, 2.24) is 4.90 Å². The maximum atomic E-state index is 12.5. The molecule has 0 saturated carbocycles. The van der Waals surface area contributed by atoms with Crippen molar-refractivity contribution in [2.45, 2.75) is 51.5 Å². The highest BCUT2D eigenvalue weighted by atomic mass is 16.4. The number of hydrogen-bond acceptors (Lipinski definition) is 2. The molecule has 0 unspecified atom stereocenters. The molecule has 2 rings (SSSR count). The van der Waals surface area contributed by atoms with Crippen molar-refractivity contribution in [3.8, 4) is 0 Å². The molecule has 1 amide bonds. The number of amides is 1. The monoisotopic (exact) mass is 289 g/mol. The van der Waals surface area contributed by atoms with Crippen LogP contribution >= 0.6 is 0 Å². The zero-order valence-electron chi connectivity index (χ0n) is 12.9. The molecule has 1 N–H and O–H groups in total. The van der Waals surface area contributed by atoms with Gasteiger partial charge in [-0.3, -0.25) is 4.79 Å². The van der Waals surface area contributed by atoms with Crippen LogP contribution in [-0.2, 0) is 10.2 Å². The standard InChI is InChI=1S/C17H23NO3/c1-17(2,3)13-9-7-12(8-10-13)15(19)18-11-5-4-6-14(18)16(20)21/h7-10,14H,4-6,11H2,1-3H3,(H,20,21)/t14-/m1/s1. The van der Waals surface area contributed by atoms with E-state index in [9.17, 15) is 14.7 Å². The van der Waals surface area contributed by atoms with Gasteiger partial charge in [0, 0.05) is 12.1 Å². The van der Waals surface area contributed by atoms with Gasteiger partial charge in [0.25, 0.3) is 5.91 Å². The van der Waals surface area contributed by atoms with E-state index in [1.807, 2.05) is 12.1 Å². The molecule has 0 spiro atoms. The van der Waals surface area contributed by atoms with Gasteiger partial charge in [0.05, 0.1) is 0 Å². The summed E-state index contributed by atoms with van der Waals surface area (Å²) in [6.07, 6.45) is 2.28. The third kappa shape index (κ3) is 3.43. The Hall–Kier alpha value is -1.84. The number of carbonyl (C=O) groups is 2. The minimum atomic E-state index is -0.908. The van der Waals surface area contributed by atoms with Crippen molar-refractivity contribution in [2.24, 2.45) is 0 Å². The van der Waals surface area contributed by atoms with Gasteiger partial charge in [-0.05, 0) is 42.4 Å². The molecule has 1 atom stereocenters. The van der Waals surface area contributed by atoms with Crippen LogP contribution in [0.2, 0.25) is 0 Å². The van der Waals surface area contributed by atoms with E-state index in [0.717, 1.165) is 18.4 Å². The molecule has 114 valence electrons. The SMILES string of the molecule is CC(C)(C)c1ccc(C(=O)N2CCCC[C@@H]2C(=O)O)cc1. The Morgan fingerprint density at radius 3 is 2.29 bits per heavy atom. The van der Waals surface area contributed by atoms with Crippen LogP contribution in [0.1, 0.15) is 56.0 Å². The first-order valence-electron chi connectivity index (χ1n) is 7.45. The highest BCUT2D eigenvalue weighted by Gasteiger charge is 2.32. The molecule has 1 aromatic rings. The first-order chi connectivity index (χ1) is 9.80. The largest absolute Gasteiger partial charge is 0.480 e. The minimum Gasteiger partial charge on any atom is -0.480 e. The lowest BCUT2D eigenvalue weighted by Gasteiger charge is -2.33. The average molecular weight is 289 g/mol. The van der Waals surface area contributed by atoms with E-state index in [1.54, 1.807) is 12.1 Å². The smallest absolute Gasteiger partial charge is 0.326 e. The van der Waals surface area contributed by atoms with E-state index >= 15 is 0 Å². The van der Waals surface area contributed by atoms with E-state index in [2.05, 4.69) is 20.8 Å². The Bertz CT molecular complexity index is 528. The zero-order chi connectivity index (χ0) is 15.6. The number of hydrogen-bond donors (Lipinski definition) is 1. The fraction of sp³-hybridized carbons (Fsp3) is 0.529. The van der Waals surface area contributed by atoms with Crippen LogP contribution in [0.5, 0.6) is 0 Å². The van der Waals surface area contributed by atoms with E-state index < -0.39 is 12.0 Å². The van der Waals surface area contributed by atoms with Gasteiger partial charge in [-0.2, -0.15) is 0 Å². The van der Waals surface area contributed by atoms with Gasteiger partial charge in [-0.1, -0.05) is 32.9 Å². The third-order valence-electron chi connectivity index (χ3n) is 4.05. The summed E-state index contributed by atoms with van der Waals surface area (Å²) in [5.74, 6) is -1.09. The molecule has 1 aromatic carbocycles. The van der Waals surface area contributed by atoms with Gasteiger partial charge >= 0.3 is 5.97 Å². The number of carbonyl (C=O) groups excluding carboxylic acids is 1. The molecule has 0 aromatic heterocycles. The summed E-state index contributed by atoms with van der Waals surface area (Å²) in [6, 6.07) is 6.82. The number of carboxylic acid groups (broad SMARTS) is 1. The number of nitrogens with zero attached hydrogens (tertiary/aromatic N) is 1. The lowest BCUT2D eigenvalue weighted by Crippen LogP contribution is -2.47. The number of rotatable bonds is 2. The predicted octanol–water partition coefficient (Wildman–Crippen LogP) is 3.06. The molecule has 4 heteroatoms. The van der Waals surface area contributed by atoms with Crippen LogP contribution in [0, 0.1) is 0 Å². The molecule has 4 nitrogen and oxygen atoms in total. The second-order valence-corrected chi connectivity index (χ2v) is 6.68. The molecule has 1 aliphatic heterocycles. The molecule has 1 fully saturated rings. The number of carboxylic acids is 1. The summed E-state index contributed by atoms with van der Waals surface area (Å²) in [5.41, 5.74) is 1.76. The summed E-state index contributed by atoms with van der Waals surface area (Å²) in [6.45, 7) is 6.88. The Balaban J connectivity index is 2.20. The van der Waals surface area contributed by atoms with Gasteiger partial charge in [0.2, 0.25) is 0 Å². The summed E-state index contributed by atoms with van der Waals surface area (Å²) in [4.78, 5) is 25.3. The summed E-state index contributed by atoms with van der Waals surface area (Å²) < 4.78 is 0. The van der Waals surface area contributed by atoms with Crippen molar-refractivity contribution >= 4 is 11.9 Å². The van der Waals surface area contributed by atoms with Crippen LogP contribution in [0.4, 0.5) is 0 Å². The lowest BCUT2D eigenvalue weighted by atomic mass is 9.86. The van der Waals surface area contributed by atoms with Crippen LogP contribution in [0.25, 0.3) is 0 Å². The Labute approximate surface area is 125 Å². The van der Waals surface area contributed by atoms with Gasteiger partial charge in [-0.25, -0.2) is 4.79 Å². The summed E-state index contributed by atoms with van der Waals surface area (Å²) >= 11 is 0. The highest BCUT2D eigenvalue weighted by molar-refractivity contribution is 5.96. The normalized spacial score (nSPS) is 19.4. The summed E-state index contributed by atoms with van der Waals surface area (Å²) in [7, 11) is 0. The molecular weight excluding hydrogens is 266 g/mol. The molecule has 1 saturated heterocycles. The molecule has 0 radical (unpaired) electrons. The fourth-order valence-corrected chi connectivity index (χ4v) is 2.71. The van der Waals surface area contributed by atoms with Crippen molar-refractivity contribution in [3.63, 3.8) is 0 Å². The topological polar surface area (TPSA) is 57.6 Å². The van der Waals surface area contributed by atoms with Gasteiger partial charge < -0.3 is 10.0 Å². The second-order valence-electron chi connectivity index (χ2n) is 6.68. The van der Waals surface area contributed by atoms with Crippen molar-refractivity contribution in [2.75, 3.05) is 6.54 Å². The quantitative estimate of drug-likeness (QED) is 0.910. The summed E-state index contributed by atoms with van der Waals surface area (Å²) in [5, 5.41) is 9.26. The molecule has 0 bridgehead atoms. The van der Waals surface area contributed by atoms with Crippen LogP contribution in [0.3, 0.4) is 0 Å². The van der Waals surface area contributed by atoms with E-state index in [1.165, 1.54) is 4.90 Å².